The first-order valence-electron chi connectivity index (χ1n) is 8.44. The van der Waals surface area contributed by atoms with E-state index in [2.05, 4.69) is 4.99 Å². The Bertz CT molecular complexity index is 1110. The molecule has 0 spiro atoms. The number of aryl methyl sites for hydroxylation is 1. The Labute approximate surface area is 165 Å². The number of hydrogen-bond acceptors (Lipinski definition) is 6. The lowest BCUT2D eigenvalue weighted by Gasteiger charge is -2.07. The van der Waals surface area contributed by atoms with E-state index in [1.54, 1.807) is 22.8 Å². The molecule has 7 nitrogen and oxygen atoms in total. The number of nitrogens with zero attached hydrogens (tertiary/aromatic N) is 2. The van der Waals surface area contributed by atoms with Crippen LogP contribution in [0, 0.1) is 6.92 Å². The van der Waals surface area contributed by atoms with E-state index in [9.17, 15) is 9.59 Å². The second kappa shape index (κ2) is 8.26. The molecule has 0 saturated carbocycles. The Hall–Kier alpha value is -3.13. The second-order valence-electron chi connectivity index (χ2n) is 6.00. The summed E-state index contributed by atoms with van der Waals surface area (Å²) in [5.74, 6) is 0.00514. The minimum atomic E-state index is -0.488. The van der Waals surface area contributed by atoms with Gasteiger partial charge in [0.05, 0.1) is 37.1 Å². The first-order chi connectivity index (χ1) is 13.5. The fourth-order valence-corrected chi connectivity index (χ4v) is 3.87. The van der Waals surface area contributed by atoms with Crippen molar-refractivity contribution in [3.63, 3.8) is 0 Å². The van der Waals surface area contributed by atoms with Crippen molar-refractivity contribution in [1.82, 2.24) is 4.57 Å². The third-order valence-electron chi connectivity index (χ3n) is 4.19. The van der Waals surface area contributed by atoms with E-state index < -0.39 is 11.9 Å². The Morgan fingerprint density at radius 3 is 2.54 bits per heavy atom. The van der Waals surface area contributed by atoms with Crippen molar-refractivity contribution in [2.45, 2.75) is 13.5 Å². The normalized spacial score (nSPS) is 11.5. The van der Waals surface area contributed by atoms with Gasteiger partial charge in [0.1, 0.15) is 18.0 Å². The molecule has 0 radical (unpaired) electrons. The number of carbonyl (C=O) groups is 2. The fraction of sp³-hybridized carbons (Fsp3) is 0.250. The predicted octanol–water partition coefficient (Wildman–Crippen LogP) is 2.94. The lowest BCUT2D eigenvalue weighted by molar-refractivity contribution is -0.141. The molecule has 146 valence electrons. The standard InChI is InChI=1S/C20H20N2O5S/c1-12-5-7-15-17(9-12)28-20(22(15)11-18(23)27-4)21-19(24)14-10-13(25-2)6-8-16(14)26-3/h5-10H,11H2,1-4H3. The van der Waals surface area contributed by atoms with Crippen molar-refractivity contribution in [2.24, 2.45) is 4.99 Å². The number of esters is 1. The van der Waals surface area contributed by atoms with Crippen molar-refractivity contribution >= 4 is 33.4 Å². The highest BCUT2D eigenvalue weighted by Gasteiger charge is 2.16. The number of ether oxygens (including phenoxy) is 3. The number of thiazole rings is 1. The van der Waals surface area contributed by atoms with Gasteiger partial charge < -0.3 is 18.8 Å². The summed E-state index contributed by atoms with van der Waals surface area (Å²) in [6.07, 6.45) is 0. The van der Waals surface area contributed by atoms with Crippen molar-refractivity contribution in [3.8, 4) is 11.5 Å². The number of rotatable bonds is 5. The summed E-state index contributed by atoms with van der Waals surface area (Å²) in [6, 6.07) is 10.8. The molecule has 0 fully saturated rings. The molecular weight excluding hydrogens is 380 g/mol. The zero-order chi connectivity index (χ0) is 20.3. The van der Waals surface area contributed by atoms with Crippen molar-refractivity contribution < 1.29 is 23.8 Å². The summed E-state index contributed by atoms with van der Waals surface area (Å²) in [5.41, 5.74) is 2.16. The second-order valence-corrected chi connectivity index (χ2v) is 7.01. The van der Waals surface area contributed by atoms with Crippen LogP contribution in [0.1, 0.15) is 15.9 Å². The van der Waals surface area contributed by atoms with Gasteiger partial charge >= 0.3 is 5.97 Å². The van der Waals surface area contributed by atoms with Crippen LogP contribution < -0.4 is 14.3 Å². The molecule has 0 atom stereocenters. The molecule has 0 saturated heterocycles. The monoisotopic (exact) mass is 400 g/mol. The molecule has 0 bridgehead atoms. The van der Waals surface area contributed by atoms with Gasteiger partial charge in [0.15, 0.2) is 4.80 Å². The molecule has 0 N–H and O–H groups in total. The minimum absolute atomic E-state index is 0.0408. The van der Waals surface area contributed by atoms with E-state index in [0.717, 1.165) is 15.8 Å². The van der Waals surface area contributed by atoms with Gasteiger partial charge in [0.2, 0.25) is 0 Å². The third kappa shape index (κ3) is 3.91. The van der Waals surface area contributed by atoms with E-state index in [1.807, 2.05) is 25.1 Å². The van der Waals surface area contributed by atoms with Crippen LogP contribution in [0.4, 0.5) is 0 Å². The topological polar surface area (TPSA) is 79.1 Å². The zero-order valence-corrected chi connectivity index (χ0v) is 16.8. The quantitative estimate of drug-likeness (QED) is 0.615. The van der Waals surface area contributed by atoms with Gasteiger partial charge in [-0.05, 0) is 42.8 Å². The number of hydrogen-bond donors (Lipinski definition) is 0. The molecule has 1 aromatic heterocycles. The Kier molecular flexibility index (Phi) is 5.79. The fourth-order valence-electron chi connectivity index (χ4n) is 2.74. The lowest BCUT2D eigenvalue weighted by Crippen LogP contribution is -2.22. The van der Waals surface area contributed by atoms with Crippen LogP contribution in [0.5, 0.6) is 11.5 Å². The number of benzene rings is 2. The number of methoxy groups -OCH3 is 3. The van der Waals surface area contributed by atoms with E-state index in [1.165, 1.54) is 32.7 Å². The van der Waals surface area contributed by atoms with Gasteiger partial charge in [0, 0.05) is 0 Å². The maximum absolute atomic E-state index is 12.9. The van der Waals surface area contributed by atoms with E-state index in [-0.39, 0.29) is 12.1 Å². The van der Waals surface area contributed by atoms with Gasteiger partial charge in [-0.1, -0.05) is 17.4 Å². The molecule has 0 unspecified atom stereocenters. The number of aromatic nitrogens is 1. The van der Waals surface area contributed by atoms with E-state index in [0.29, 0.717) is 16.3 Å². The van der Waals surface area contributed by atoms with Gasteiger partial charge in [-0.2, -0.15) is 4.99 Å². The third-order valence-corrected chi connectivity index (χ3v) is 5.23. The minimum Gasteiger partial charge on any atom is -0.497 e. The molecule has 1 amide bonds. The summed E-state index contributed by atoms with van der Waals surface area (Å²) in [4.78, 5) is 29.4. The van der Waals surface area contributed by atoms with Gasteiger partial charge in [-0.3, -0.25) is 9.59 Å². The molecule has 2 aromatic carbocycles. The highest BCUT2D eigenvalue weighted by atomic mass is 32.1. The van der Waals surface area contributed by atoms with Crippen LogP contribution in [-0.4, -0.2) is 37.8 Å². The van der Waals surface area contributed by atoms with Crippen molar-refractivity contribution in [3.05, 3.63) is 52.3 Å². The highest BCUT2D eigenvalue weighted by Crippen LogP contribution is 2.25. The summed E-state index contributed by atoms with van der Waals surface area (Å²) >= 11 is 1.33. The number of carbonyl (C=O) groups excluding carboxylic acids is 2. The van der Waals surface area contributed by atoms with Crippen LogP contribution in [0.15, 0.2) is 41.4 Å². The SMILES string of the molecule is COC(=O)Cn1c(=NC(=O)c2cc(OC)ccc2OC)sc2cc(C)ccc21. The van der Waals surface area contributed by atoms with Crippen molar-refractivity contribution in [1.29, 1.82) is 0 Å². The van der Waals surface area contributed by atoms with Crippen LogP contribution >= 0.6 is 11.3 Å². The van der Waals surface area contributed by atoms with Gasteiger partial charge in [0.25, 0.3) is 5.91 Å². The average Bonchev–Trinajstić information content (AvgIpc) is 3.02. The smallest absolute Gasteiger partial charge is 0.325 e. The molecule has 3 rings (SSSR count). The molecule has 0 aliphatic heterocycles. The van der Waals surface area contributed by atoms with E-state index in [4.69, 9.17) is 14.2 Å². The lowest BCUT2D eigenvalue weighted by atomic mass is 10.2. The molecule has 28 heavy (non-hydrogen) atoms. The number of amides is 1. The number of fused-ring (bicyclic) bond motifs is 1. The van der Waals surface area contributed by atoms with Gasteiger partial charge in [-0.15, -0.1) is 0 Å². The maximum atomic E-state index is 12.9. The largest absolute Gasteiger partial charge is 0.497 e. The average molecular weight is 400 g/mol. The van der Waals surface area contributed by atoms with Crippen LogP contribution in [0.2, 0.25) is 0 Å². The Balaban J connectivity index is 2.16. The maximum Gasteiger partial charge on any atom is 0.325 e. The first kappa shape index (κ1) is 19.6. The Morgan fingerprint density at radius 2 is 1.86 bits per heavy atom. The molecule has 1 heterocycles. The zero-order valence-electron chi connectivity index (χ0n) is 16.0. The van der Waals surface area contributed by atoms with Crippen LogP contribution in [0.3, 0.4) is 0 Å². The highest BCUT2D eigenvalue weighted by molar-refractivity contribution is 7.16. The first-order valence-corrected chi connectivity index (χ1v) is 9.26. The molecular formula is C20H20N2O5S. The van der Waals surface area contributed by atoms with Crippen molar-refractivity contribution in [2.75, 3.05) is 21.3 Å². The molecule has 3 aromatic rings. The van der Waals surface area contributed by atoms with Crippen LogP contribution in [-0.2, 0) is 16.1 Å². The summed E-state index contributed by atoms with van der Waals surface area (Å²) in [7, 11) is 4.33. The summed E-state index contributed by atoms with van der Waals surface area (Å²) < 4.78 is 17.9. The van der Waals surface area contributed by atoms with E-state index >= 15 is 0 Å². The Morgan fingerprint density at radius 1 is 1.07 bits per heavy atom. The molecule has 8 heteroatoms. The van der Waals surface area contributed by atoms with Gasteiger partial charge in [-0.25, -0.2) is 0 Å². The summed E-state index contributed by atoms with van der Waals surface area (Å²) in [5, 5.41) is 0. The molecule has 0 aliphatic carbocycles. The predicted molar refractivity (Wildman–Crippen MR) is 106 cm³/mol. The molecule has 0 aliphatic rings. The van der Waals surface area contributed by atoms with Crippen LogP contribution in [0.25, 0.3) is 10.2 Å². The summed E-state index contributed by atoms with van der Waals surface area (Å²) in [6.45, 7) is 1.94.